The molecule has 0 radical (unpaired) electrons. The SMILES string of the molecule is O=C1N2C[C@H](CC[C@H]2O)N1OS(=O)(=O)O. The lowest BCUT2D eigenvalue weighted by Crippen LogP contribution is -2.39. The van der Waals surface area contributed by atoms with Gasteiger partial charge < -0.3 is 5.11 Å². The number of hydroxylamine groups is 2. The predicted octanol–water partition coefficient (Wildman–Crippen LogP) is -1.06. The number of amides is 2. The van der Waals surface area contributed by atoms with Gasteiger partial charge in [-0.15, -0.1) is 4.28 Å². The minimum atomic E-state index is -4.70. The Hall–Kier alpha value is -0.900. The summed E-state index contributed by atoms with van der Waals surface area (Å²) in [5.74, 6) is 0. The molecule has 8 nitrogen and oxygen atoms in total. The number of hydrogen-bond acceptors (Lipinski definition) is 5. The first kappa shape index (κ1) is 10.6. The monoisotopic (exact) mass is 238 g/mol. The molecule has 0 unspecified atom stereocenters. The lowest BCUT2D eigenvalue weighted by atomic mass is 10.1. The van der Waals surface area contributed by atoms with Crippen LogP contribution in [0.2, 0.25) is 0 Å². The van der Waals surface area contributed by atoms with Crippen LogP contribution >= 0.6 is 0 Å². The van der Waals surface area contributed by atoms with Crippen molar-refractivity contribution in [1.29, 1.82) is 0 Å². The average molecular weight is 238 g/mol. The summed E-state index contributed by atoms with van der Waals surface area (Å²) in [5, 5.41) is 9.98. The normalized spacial score (nSPS) is 31.2. The molecule has 2 heterocycles. The van der Waals surface area contributed by atoms with Crippen molar-refractivity contribution in [3.8, 4) is 0 Å². The fraction of sp³-hybridized carbons (Fsp3) is 0.833. The van der Waals surface area contributed by atoms with Crippen molar-refractivity contribution in [3.05, 3.63) is 0 Å². The van der Waals surface area contributed by atoms with Crippen molar-refractivity contribution in [3.63, 3.8) is 0 Å². The predicted molar refractivity (Wildman–Crippen MR) is 45.6 cm³/mol. The number of rotatable bonds is 2. The second-order valence-electron chi connectivity index (χ2n) is 3.47. The number of piperidine rings is 1. The van der Waals surface area contributed by atoms with E-state index in [1.807, 2.05) is 0 Å². The molecule has 15 heavy (non-hydrogen) atoms. The van der Waals surface area contributed by atoms with E-state index >= 15 is 0 Å². The van der Waals surface area contributed by atoms with Crippen LogP contribution in [0.25, 0.3) is 0 Å². The molecule has 2 aliphatic rings. The van der Waals surface area contributed by atoms with Gasteiger partial charge in [0, 0.05) is 6.54 Å². The second kappa shape index (κ2) is 3.30. The van der Waals surface area contributed by atoms with Crippen LogP contribution in [0.3, 0.4) is 0 Å². The number of fused-ring (bicyclic) bond motifs is 2. The third kappa shape index (κ3) is 1.91. The van der Waals surface area contributed by atoms with E-state index in [9.17, 15) is 18.3 Å². The fourth-order valence-electron chi connectivity index (χ4n) is 1.81. The number of nitrogens with zero attached hydrogens (tertiary/aromatic N) is 2. The summed E-state index contributed by atoms with van der Waals surface area (Å²) in [5.41, 5.74) is 0. The van der Waals surface area contributed by atoms with E-state index in [2.05, 4.69) is 4.28 Å². The summed E-state index contributed by atoms with van der Waals surface area (Å²) >= 11 is 0. The largest absolute Gasteiger partial charge is 0.418 e. The Morgan fingerprint density at radius 3 is 2.60 bits per heavy atom. The minimum absolute atomic E-state index is 0.204. The Morgan fingerprint density at radius 1 is 1.40 bits per heavy atom. The number of aliphatic hydroxyl groups is 1. The molecule has 0 saturated carbocycles. The summed E-state index contributed by atoms with van der Waals surface area (Å²) in [6.07, 6.45) is -0.121. The molecule has 9 heteroatoms. The Bertz CT molecular complexity index is 381. The van der Waals surface area contributed by atoms with Gasteiger partial charge >= 0.3 is 16.4 Å². The highest BCUT2D eigenvalue weighted by molar-refractivity contribution is 7.80. The van der Waals surface area contributed by atoms with E-state index in [1.54, 1.807) is 0 Å². The van der Waals surface area contributed by atoms with Gasteiger partial charge in [-0.2, -0.15) is 13.5 Å². The number of hydrogen-bond donors (Lipinski definition) is 2. The average Bonchev–Trinajstić information content (AvgIpc) is 2.35. The zero-order valence-corrected chi connectivity index (χ0v) is 8.42. The van der Waals surface area contributed by atoms with Crippen molar-refractivity contribution >= 4 is 16.4 Å². The van der Waals surface area contributed by atoms with Crippen molar-refractivity contribution in [2.75, 3.05) is 6.54 Å². The van der Waals surface area contributed by atoms with Crippen LogP contribution in [0.5, 0.6) is 0 Å². The molecule has 2 rings (SSSR count). The van der Waals surface area contributed by atoms with Crippen LogP contribution < -0.4 is 0 Å². The quantitative estimate of drug-likeness (QED) is 0.594. The maximum Gasteiger partial charge on any atom is 0.418 e. The van der Waals surface area contributed by atoms with Gasteiger partial charge in [0.25, 0.3) is 0 Å². The third-order valence-corrected chi connectivity index (χ3v) is 2.81. The molecule has 2 atom stereocenters. The Morgan fingerprint density at radius 2 is 2.07 bits per heavy atom. The molecule has 2 N–H and O–H groups in total. The topological polar surface area (TPSA) is 107 Å². The molecule has 2 fully saturated rings. The van der Waals surface area contributed by atoms with Gasteiger partial charge in [0.1, 0.15) is 6.23 Å². The van der Waals surface area contributed by atoms with Crippen LogP contribution in [0.15, 0.2) is 0 Å². The van der Waals surface area contributed by atoms with Crippen molar-refractivity contribution in [2.45, 2.75) is 25.1 Å². The van der Waals surface area contributed by atoms with E-state index < -0.39 is 28.7 Å². The maximum atomic E-state index is 11.5. The van der Waals surface area contributed by atoms with E-state index in [-0.39, 0.29) is 6.54 Å². The Balaban J connectivity index is 2.18. The van der Waals surface area contributed by atoms with E-state index in [1.165, 1.54) is 0 Å². The van der Waals surface area contributed by atoms with Crippen LogP contribution in [-0.2, 0) is 14.7 Å². The van der Waals surface area contributed by atoms with Gasteiger partial charge in [-0.3, -0.25) is 9.45 Å². The zero-order valence-electron chi connectivity index (χ0n) is 7.61. The summed E-state index contributed by atoms with van der Waals surface area (Å²) in [6.45, 7) is 0.204. The molecule has 86 valence electrons. The summed E-state index contributed by atoms with van der Waals surface area (Å²) in [4.78, 5) is 12.6. The Kier molecular flexibility index (Phi) is 2.34. The first-order chi connectivity index (χ1) is 6.88. The molecule has 2 amide bonds. The Labute approximate surface area is 85.9 Å². The van der Waals surface area contributed by atoms with Crippen molar-refractivity contribution < 1.29 is 27.2 Å². The summed E-state index contributed by atoms with van der Waals surface area (Å²) < 4.78 is 33.5. The standard InChI is InChI=1S/C6H10N2O6S/c9-5-2-1-4-3-7(5)6(10)8(4)14-15(11,12)13/h4-5,9H,1-3H2,(H,11,12,13)/t4-,5+/m0/s1. The fourth-order valence-corrected chi connectivity index (χ4v) is 2.20. The molecular formula is C6H10N2O6S. The molecular weight excluding hydrogens is 228 g/mol. The van der Waals surface area contributed by atoms with Crippen LogP contribution in [0.4, 0.5) is 4.79 Å². The number of aliphatic hydroxyl groups excluding tert-OH is 1. The van der Waals surface area contributed by atoms with Crippen molar-refractivity contribution in [2.24, 2.45) is 0 Å². The highest BCUT2D eigenvalue weighted by atomic mass is 32.3. The van der Waals surface area contributed by atoms with E-state index in [0.29, 0.717) is 17.9 Å². The molecule has 2 bridgehead atoms. The number of carbonyl (C=O) groups is 1. The smallest absolute Gasteiger partial charge is 0.373 e. The van der Waals surface area contributed by atoms with Crippen molar-refractivity contribution in [1.82, 2.24) is 9.96 Å². The summed E-state index contributed by atoms with van der Waals surface area (Å²) in [6, 6.07) is -1.19. The number of carbonyl (C=O) groups excluding carboxylic acids is 1. The molecule has 0 spiro atoms. The van der Waals surface area contributed by atoms with Crippen LogP contribution in [-0.4, -0.2) is 52.9 Å². The second-order valence-corrected chi connectivity index (χ2v) is 4.48. The molecule has 2 saturated heterocycles. The van der Waals surface area contributed by atoms with Gasteiger partial charge in [-0.1, -0.05) is 0 Å². The first-order valence-electron chi connectivity index (χ1n) is 4.33. The van der Waals surface area contributed by atoms with E-state index in [0.717, 1.165) is 4.90 Å². The van der Waals surface area contributed by atoms with Gasteiger partial charge in [0.2, 0.25) is 0 Å². The first-order valence-corrected chi connectivity index (χ1v) is 5.70. The highest BCUT2D eigenvalue weighted by Gasteiger charge is 2.46. The minimum Gasteiger partial charge on any atom is -0.373 e. The molecule has 0 aromatic carbocycles. The van der Waals surface area contributed by atoms with Gasteiger partial charge in [-0.05, 0) is 12.8 Å². The lowest BCUT2D eigenvalue weighted by molar-refractivity contribution is -0.0327. The number of urea groups is 1. The molecule has 0 aromatic heterocycles. The lowest BCUT2D eigenvalue weighted by Gasteiger charge is -2.25. The van der Waals surface area contributed by atoms with Gasteiger partial charge in [0.15, 0.2) is 0 Å². The van der Waals surface area contributed by atoms with Gasteiger partial charge in [-0.25, -0.2) is 4.79 Å². The molecule has 2 aliphatic heterocycles. The van der Waals surface area contributed by atoms with E-state index in [4.69, 9.17) is 4.55 Å². The molecule has 0 aromatic rings. The van der Waals surface area contributed by atoms with Gasteiger partial charge in [0.05, 0.1) is 6.04 Å². The maximum absolute atomic E-state index is 11.5. The highest BCUT2D eigenvalue weighted by Crippen LogP contribution is 2.29. The van der Waals surface area contributed by atoms with Crippen LogP contribution in [0.1, 0.15) is 12.8 Å². The van der Waals surface area contributed by atoms with Crippen LogP contribution in [0, 0.1) is 0 Å². The third-order valence-electron chi connectivity index (χ3n) is 2.47. The summed E-state index contributed by atoms with van der Waals surface area (Å²) in [7, 11) is -4.70. The molecule has 0 aliphatic carbocycles. The zero-order chi connectivity index (χ0) is 11.2.